The quantitative estimate of drug-likeness (QED) is 0.827. The van der Waals surface area contributed by atoms with Gasteiger partial charge >= 0.3 is 0 Å². The van der Waals surface area contributed by atoms with Gasteiger partial charge in [-0.05, 0) is 12.8 Å². The monoisotopic (exact) mass is 212 g/mol. The van der Waals surface area contributed by atoms with Crippen molar-refractivity contribution >= 4 is 11.8 Å². The standard InChI is InChI=1S/C10H17FN4/c1-4-7(5-2)15(3)9-8(11)6-13-10(12)14-9/h6-7H,4-5H2,1-3H3,(H2,12,13,14). The summed E-state index contributed by atoms with van der Waals surface area (Å²) in [7, 11) is 1.82. The van der Waals surface area contributed by atoms with Gasteiger partial charge in [-0.25, -0.2) is 9.37 Å². The minimum Gasteiger partial charge on any atom is -0.368 e. The van der Waals surface area contributed by atoms with E-state index in [1.165, 1.54) is 0 Å². The Kier molecular flexibility index (Phi) is 3.82. The average Bonchev–Trinajstić information content (AvgIpc) is 2.23. The molecule has 0 saturated heterocycles. The second-order valence-electron chi connectivity index (χ2n) is 3.48. The molecule has 0 unspecified atom stereocenters. The third kappa shape index (κ3) is 2.55. The van der Waals surface area contributed by atoms with Gasteiger partial charge in [0.15, 0.2) is 11.6 Å². The number of anilines is 2. The number of halogens is 1. The first-order valence-electron chi connectivity index (χ1n) is 5.11. The number of aromatic nitrogens is 2. The Bertz CT molecular complexity index is 325. The zero-order chi connectivity index (χ0) is 11.4. The molecule has 0 saturated carbocycles. The molecule has 0 fully saturated rings. The molecule has 0 bridgehead atoms. The molecule has 0 amide bonds. The van der Waals surface area contributed by atoms with E-state index in [1.54, 1.807) is 0 Å². The van der Waals surface area contributed by atoms with Gasteiger partial charge in [0.05, 0.1) is 6.20 Å². The van der Waals surface area contributed by atoms with Crippen LogP contribution in [-0.2, 0) is 0 Å². The minimum atomic E-state index is -0.432. The first kappa shape index (κ1) is 11.7. The number of hydrogen-bond acceptors (Lipinski definition) is 4. The predicted octanol–water partition coefficient (Wildman–Crippen LogP) is 1.82. The van der Waals surface area contributed by atoms with Gasteiger partial charge in [0, 0.05) is 13.1 Å². The van der Waals surface area contributed by atoms with Gasteiger partial charge in [0.1, 0.15) is 0 Å². The first-order chi connectivity index (χ1) is 7.10. The van der Waals surface area contributed by atoms with E-state index in [1.807, 2.05) is 11.9 Å². The highest BCUT2D eigenvalue weighted by Gasteiger charge is 2.16. The molecule has 84 valence electrons. The normalized spacial score (nSPS) is 10.7. The van der Waals surface area contributed by atoms with Gasteiger partial charge < -0.3 is 10.6 Å². The van der Waals surface area contributed by atoms with Gasteiger partial charge in [-0.3, -0.25) is 0 Å². The summed E-state index contributed by atoms with van der Waals surface area (Å²) in [4.78, 5) is 9.32. The van der Waals surface area contributed by atoms with Crippen LogP contribution in [-0.4, -0.2) is 23.1 Å². The van der Waals surface area contributed by atoms with Crippen molar-refractivity contribution in [3.05, 3.63) is 12.0 Å². The van der Waals surface area contributed by atoms with Gasteiger partial charge in [-0.2, -0.15) is 4.98 Å². The number of rotatable bonds is 4. The van der Waals surface area contributed by atoms with Gasteiger partial charge in [0.25, 0.3) is 0 Å². The molecule has 0 aliphatic heterocycles. The number of nitrogen functional groups attached to an aromatic ring is 1. The van der Waals surface area contributed by atoms with E-state index in [4.69, 9.17) is 5.73 Å². The molecular formula is C10H17FN4. The summed E-state index contributed by atoms with van der Waals surface area (Å²) in [5, 5.41) is 0. The Labute approximate surface area is 89.3 Å². The van der Waals surface area contributed by atoms with Crippen molar-refractivity contribution in [2.45, 2.75) is 32.7 Å². The second kappa shape index (κ2) is 4.91. The van der Waals surface area contributed by atoms with Crippen LogP contribution in [0.2, 0.25) is 0 Å². The lowest BCUT2D eigenvalue weighted by Gasteiger charge is -2.27. The summed E-state index contributed by atoms with van der Waals surface area (Å²) in [6.07, 6.45) is 2.99. The molecule has 0 atom stereocenters. The van der Waals surface area contributed by atoms with E-state index in [2.05, 4.69) is 23.8 Å². The number of hydrogen-bond donors (Lipinski definition) is 1. The Hall–Kier alpha value is -1.39. The Morgan fingerprint density at radius 2 is 2.07 bits per heavy atom. The predicted molar refractivity (Wildman–Crippen MR) is 59.2 cm³/mol. The summed E-state index contributed by atoms with van der Waals surface area (Å²) in [6.45, 7) is 4.13. The number of nitrogens with two attached hydrogens (primary N) is 1. The molecule has 4 nitrogen and oxygen atoms in total. The van der Waals surface area contributed by atoms with Crippen molar-refractivity contribution in [1.82, 2.24) is 9.97 Å². The van der Waals surface area contributed by atoms with Crippen LogP contribution in [0.4, 0.5) is 16.2 Å². The SMILES string of the molecule is CCC(CC)N(C)c1nc(N)ncc1F. The molecule has 15 heavy (non-hydrogen) atoms. The van der Waals surface area contributed by atoms with Crippen LogP contribution in [0, 0.1) is 5.82 Å². The van der Waals surface area contributed by atoms with E-state index < -0.39 is 5.82 Å². The van der Waals surface area contributed by atoms with E-state index in [0.717, 1.165) is 19.0 Å². The maximum absolute atomic E-state index is 13.4. The van der Waals surface area contributed by atoms with Crippen molar-refractivity contribution in [3.63, 3.8) is 0 Å². The fourth-order valence-corrected chi connectivity index (χ4v) is 1.63. The molecule has 5 heteroatoms. The number of nitrogens with zero attached hydrogens (tertiary/aromatic N) is 3. The molecule has 2 N–H and O–H groups in total. The highest BCUT2D eigenvalue weighted by Crippen LogP contribution is 2.19. The highest BCUT2D eigenvalue weighted by molar-refractivity contribution is 5.42. The maximum atomic E-state index is 13.4. The lowest BCUT2D eigenvalue weighted by Crippen LogP contribution is -2.32. The van der Waals surface area contributed by atoms with E-state index in [9.17, 15) is 4.39 Å². The molecule has 1 aromatic heterocycles. The summed E-state index contributed by atoms with van der Waals surface area (Å²) >= 11 is 0. The van der Waals surface area contributed by atoms with Crippen LogP contribution in [0.15, 0.2) is 6.20 Å². The van der Waals surface area contributed by atoms with Gasteiger partial charge in [-0.1, -0.05) is 13.8 Å². The summed E-state index contributed by atoms with van der Waals surface area (Å²) in [6, 6.07) is 0.272. The average molecular weight is 212 g/mol. The largest absolute Gasteiger partial charge is 0.368 e. The third-order valence-electron chi connectivity index (χ3n) is 2.57. The second-order valence-corrected chi connectivity index (χ2v) is 3.48. The van der Waals surface area contributed by atoms with Crippen LogP contribution < -0.4 is 10.6 Å². The smallest absolute Gasteiger partial charge is 0.222 e. The molecular weight excluding hydrogens is 195 g/mol. The van der Waals surface area contributed by atoms with Crippen LogP contribution in [0.1, 0.15) is 26.7 Å². The minimum absolute atomic E-state index is 0.101. The van der Waals surface area contributed by atoms with Crippen molar-refractivity contribution in [2.75, 3.05) is 17.7 Å². The Balaban J connectivity index is 2.98. The fraction of sp³-hybridized carbons (Fsp3) is 0.600. The highest BCUT2D eigenvalue weighted by atomic mass is 19.1. The van der Waals surface area contributed by atoms with E-state index in [-0.39, 0.29) is 17.8 Å². The van der Waals surface area contributed by atoms with E-state index >= 15 is 0 Å². The van der Waals surface area contributed by atoms with Crippen LogP contribution in [0.5, 0.6) is 0 Å². The molecule has 0 aliphatic carbocycles. The molecule has 1 heterocycles. The molecule has 0 radical (unpaired) electrons. The van der Waals surface area contributed by atoms with Crippen molar-refractivity contribution in [1.29, 1.82) is 0 Å². The van der Waals surface area contributed by atoms with Crippen LogP contribution >= 0.6 is 0 Å². The van der Waals surface area contributed by atoms with E-state index in [0.29, 0.717) is 0 Å². The molecule has 0 aromatic carbocycles. The zero-order valence-electron chi connectivity index (χ0n) is 9.37. The summed E-state index contributed by atoms with van der Waals surface area (Å²) in [5.41, 5.74) is 5.43. The summed E-state index contributed by atoms with van der Waals surface area (Å²) < 4.78 is 13.4. The van der Waals surface area contributed by atoms with Crippen LogP contribution in [0.25, 0.3) is 0 Å². The first-order valence-corrected chi connectivity index (χ1v) is 5.11. The lowest BCUT2D eigenvalue weighted by atomic mass is 10.1. The summed E-state index contributed by atoms with van der Waals surface area (Å²) in [5.74, 6) is -0.0565. The topological polar surface area (TPSA) is 55.0 Å². The van der Waals surface area contributed by atoms with Gasteiger partial charge in [-0.15, -0.1) is 0 Å². The molecule has 0 spiro atoms. The molecule has 0 aliphatic rings. The zero-order valence-corrected chi connectivity index (χ0v) is 9.37. The third-order valence-corrected chi connectivity index (χ3v) is 2.57. The van der Waals surface area contributed by atoms with Gasteiger partial charge in [0.2, 0.25) is 5.95 Å². The van der Waals surface area contributed by atoms with Crippen molar-refractivity contribution in [3.8, 4) is 0 Å². The molecule has 1 rings (SSSR count). The van der Waals surface area contributed by atoms with Crippen molar-refractivity contribution in [2.24, 2.45) is 0 Å². The van der Waals surface area contributed by atoms with Crippen LogP contribution in [0.3, 0.4) is 0 Å². The fourth-order valence-electron chi connectivity index (χ4n) is 1.63. The lowest BCUT2D eigenvalue weighted by molar-refractivity contribution is 0.555. The Morgan fingerprint density at radius 1 is 1.47 bits per heavy atom. The Morgan fingerprint density at radius 3 is 2.60 bits per heavy atom. The van der Waals surface area contributed by atoms with Crippen molar-refractivity contribution < 1.29 is 4.39 Å². The molecule has 1 aromatic rings. The maximum Gasteiger partial charge on any atom is 0.222 e.